The summed E-state index contributed by atoms with van der Waals surface area (Å²) in [4.78, 5) is 11.3. The molecule has 0 N–H and O–H groups in total. The summed E-state index contributed by atoms with van der Waals surface area (Å²) in [5.41, 5.74) is 1.75. The number of hydrogen-bond acceptors (Lipinski definition) is 3. The van der Waals surface area contributed by atoms with Crippen molar-refractivity contribution in [3.05, 3.63) is 31.1 Å². The lowest BCUT2D eigenvalue weighted by Crippen LogP contribution is -2.39. The zero-order valence-corrected chi connectivity index (χ0v) is 14.1. The highest BCUT2D eigenvalue weighted by molar-refractivity contribution is 5.31. The molecule has 2 aliphatic rings. The van der Waals surface area contributed by atoms with Gasteiger partial charge in [0.05, 0.1) is 0 Å². The molecule has 3 rings (SSSR count). The molecule has 1 aliphatic carbocycles. The summed E-state index contributed by atoms with van der Waals surface area (Å²) < 4.78 is 0. The van der Waals surface area contributed by atoms with Gasteiger partial charge < -0.3 is 4.90 Å². The van der Waals surface area contributed by atoms with E-state index in [1.807, 2.05) is 33.0 Å². The van der Waals surface area contributed by atoms with E-state index >= 15 is 0 Å². The maximum atomic E-state index is 4.53. The van der Waals surface area contributed by atoms with Gasteiger partial charge in [-0.1, -0.05) is 26.7 Å². The Morgan fingerprint density at radius 2 is 1.62 bits per heavy atom. The number of nitrogens with zero attached hydrogens (tertiary/aromatic N) is 3. The van der Waals surface area contributed by atoms with Crippen LogP contribution in [0.1, 0.15) is 58.1 Å². The molecule has 3 heteroatoms. The van der Waals surface area contributed by atoms with Gasteiger partial charge in [0.25, 0.3) is 0 Å². The Balaban J connectivity index is 0.000000510. The van der Waals surface area contributed by atoms with E-state index in [1.54, 1.807) is 0 Å². The second-order valence-electron chi connectivity index (χ2n) is 5.69. The number of anilines is 1. The second-order valence-corrected chi connectivity index (χ2v) is 5.69. The van der Waals surface area contributed by atoms with Crippen LogP contribution in [0.2, 0.25) is 0 Å². The highest BCUT2D eigenvalue weighted by atomic mass is 15.3. The van der Waals surface area contributed by atoms with Crippen LogP contribution >= 0.6 is 0 Å². The minimum absolute atomic E-state index is 0.681. The summed E-state index contributed by atoms with van der Waals surface area (Å²) in [6, 6.07) is 1.96. The van der Waals surface area contributed by atoms with Crippen molar-refractivity contribution in [2.75, 3.05) is 18.0 Å². The number of rotatable bonds is 1. The molecular weight excluding hydrogens is 258 g/mol. The normalized spacial score (nSPS) is 19.3. The maximum Gasteiger partial charge on any atom is 0.225 e. The summed E-state index contributed by atoms with van der Waals surface area (Å²) in [6.07, 6.45) is 10.3. The Kier molecular flexibility index (Phi) is 7.41. The monoisotopic (exact) mass is 289 g/mol. The molecular formula is C18H31N3. The Hall–Kier alpha value is -1.38. The van der Waals surface area contributed by atoms with Crippen molar-refractivity contribution in [2.45, 2.75) is 59.3 Å². The van der Waals surface area contributed by atoms with Crippen LogP contribution in [0.5, 0.6) is 0 Å². The van der Waals surface area contributed by atoms with Gasteiger partial charge in [0.15, 0.2) is 0 Å². The number of aromatic nitrogens is 2. The molecule has 0 radical (unpaired) electrons. The maximum absolute atomic E-state index is 4.53. The largest absolute Gasteiger partial charge is 0.341 e. The first-order chi connectivity index (χ1) is 10.3. The van der Waals surface area contributed by atoms with Crippen molar-refractivity contribution in [3.8, 4) is 0 Å². The van der Waals surface area contributed by atoms with Crippen molar-refractivity contribution in [2.24, 2.45) is 5.41 Å². The molecule has 0 amide bonds. The van der Waals surface area contributed by atoms with Crippen molar-refractivity contribution >= 4 is 5.95 Å². The van der Waals surface area contributed by atoms with Crippen LogP contribution < -0.4 is 4.90 Å². The van der Waals surface area contributed by atoms with E-state index in [2.05, 4.69) is 28.0 Å². The van der Waals surface area contributed by atoms with Crippen molar-refractivity contribution in [3.63, 3.8) is 0 Å². The minimum atomic E-state index is 0.681. The quantitative estimate of drug-likeness (QED) is 0.697. The predicted octanol–water partition coefficient (Wildman–Crippen LogP) is 4.77. The van der Waals surface area contributed by atoms with Gasteiger partial charge in [0.2, 0.25) is 5.95 Å². The molecule has 2 heterocycles. The van der Waals surface area contributed by atoms with Crippen LogP contribution in [-0.4, -0.2) is 23.1 Å². The van der Waals surface area contributed by atoms with E-state index in [1.165, 1.54) is 38.5 Å². The van der Waals surface area contributed by atoms with Crippen molar-refractivity contribution < 1.29 is 0 Å². The summed E-state index contributed by atoms with van der Waals surface area (Å²) in [7, 11) is 0. The molecule has 1 aromatic rings. The first-order valence-corrected chi connectivity index (χ1v) is 8.32. The average Bonchev–Trinajstić information content (AvgIpc) is 3.00. The Bertz CT molecular complexity index is 401. The summed E-state index contributed by atoms with van der Waals surface area (Å²) in [5.74, 6) is 0.929. The molecule has 3 nitrogen and oxygen atoms in total. The van der Waals surface area contributed by atoms with Crippen LogP contribution in [0.3, 0.4) is 0 Å². The average molecular weight is 289 g/mol. The van der Waals surface area contributed by atoms with Gasteiger partial charge in [-0.25, -0.2) is 9.97 Å². The molecule has 1 aliphatic heterocycles. The fourth-order valence-corrected chi connectivity index (χ4v) is 3.39. The van der Waals surface area contributed by atoms with Crippen LogP contribution in [0.25, 0.3) is 0 Å². The topological polar surface area (TPSA) is 29.0 Å². The SMILES string of the molecule is C=C.CC.Cc1ccnc(N2CCC3(CCCC3)CC2)n1. The molecule has 1 saturated carbocycles. The molecule has 21 heavy (non-hydrogen) atoms. The third kappa shape index (κ3) is 4.55. The Morgan fingerprint density at radius 1 is 1.05 bits per heavy atom. The molecule has 0 atom stereocenters. The van der Waals surface area contributed by atoms with Gasteiger partial charge in [-0.2, -0.15) is 0 Å². The van der Waals surface area contributed by atoms with E-state index in [0.717, 1.165) is 24.7 Å². The van der Waals surface area contributed by atoms with Gasteiger partial charge >= 0.3 is 0 Å². The molecule has 2 fully saturated rings. The smallest absolute Gasteiger partial charge is 0.225 e. The summed E-state index contributed by atoms with van der Waals surface area (Å²) in [5, 5.41) is 0. The molecule has 1 aromatic heterocycles. The number of piperidine rings is 1. The van der Waals surface area contributed by atoms with E-state index < -0.39 is 0 Å². The number of hydrogen-bond donors (Lipinski definition) is 0. The lowest BCUT2D eigenvalue weighted by atomic mass is 9.77. The molecule has 0 bridgehead atoms. The highest BCUT2D eigenvalue weighted by Crippen LogP contribution is 2.46. The van der Waals surface area contributed by atoms with Gasteiger partial charge in [-0.05, 0) is 44.1 Å². The zero-order chi connectivity index (χ0) is 15.7. The minimum Gasteiger partial charge on any atom is -0.341 e. The van der Waals surface area contributed by atoms with Crippen molar-refractivity contribution in [1.82, 2.24) is 9.97 Å². The predicted molar refractivity (Wildman–Crippen MR) is 91.7 cm³/mol. The van der Waals surface area contributed by atoms with Crippen LogP contribution in [-0.2, 0) is 0 Å². The lowest BCUT2D eigenvalue weighted by molar-refractivity contribution is 0.225. The first kappa shape index (κ1) is 17.7. The van der Waals surface area contributed by atoms with Crippen LogP contribution in [0.15, 0.2) is 25.4 Å². The van der Waals surface area contributed by atoms with Crippen molar-refractivity contribution in [1.29, 1.82) is 0 Å². The van der Waals surface area contributed by atoms with E-state index in [4.69, 9.17) is 0 Å². The van der Waals surface area contributed by atoms with Crippen LogP contribution in [0.4, 0.5) is 5.95 Å². The molecule has 0 unspecified atom stereocenters. The fraction of sp³-hybridized carbons (Fsp3) is 0.667. The zero-order valence-electron chi connectivity index (χ0n) is 14.1. The lowest BCUT2D eigenvalue weighted by Gasteiger charge is -2.39. The second kappa shape index (κ2) is 8.81. The molecule has 118 valence electrons. The highest BCUT2D eigenvalue weighted by Gasteiger charge is 2.37. The van der Waals surface area contributed by atoms with E-state index in [0.29, 0.717) is 5.41 Å². The first-order valence-electron chi connectivity index (χ1n) is 8.32. The van der Waals surface area contributed by atoms with E-state index in [-0.39, 0.29) is 0 Å². The van der Waals surface area contributed by atoms with Gasteiger partial charge in [0, 0.05) is 25.0 Å². The number of aryl methyl sites for hydroxylation is 1. The van der Waals surface area contributed by atoms with Gasteiger partial charge in [-0.3, -0.25) is 0 Å². The van der Waals surface area contributed by atoms with Crippen LogP contribution in [0, 0.1) is 12.3 Å². The molecule has 1 spiro atoms. The summed E-state index contributed by atoms with van der Waals surface area (Å²) >= 11 is 0. The Morgan fingerprint density at radius 3 is 2.14 bits per heavy atom. The van der Waals surface area contributed by atoms with E-state index in [9.17, 15) is 0 Å². The summed E-state index contributed by atoms with van der Waals surface area (Å²) in [6.45, 7) is 14.3. The van der Waals surface area contributed by atoms with Gasteiger partial charge in [0.1, 0.15) is 0 Å². The molecule has 1 saturated heterocycles. The third-order valence-corrected chi connectivity index (χ3v) is 4.55. The molecule has 0 aromatic carbocycles. The third-order valence-electron chi connectivity index (χ3n) is 4.55. The van der Waals surface area contributed by atoms with Gasteiger partial charge in [-0.15, -0.1) is 13.2 Å². The Labute approximate surface area is 130 Å². The fourth-order valence-electron chi connectivity index (χ4n) is 3.39. The standard InChI is InChI=1S/C14H21N3.C2H6.C2H4/c1-12-4-9-15-13(16-12)17-10-7-14(8-11-17)5-2-3-6-14;2*1-2/h4,9H,2-3,5-8,10-11H2,1H3;1-2H3;1-2H2.